The average Bonchev–Trinajstić information content (AvgIpc) is 3.06. The van der Waals surface area contributed by atoms with Crippen molar-refractivity contribution in [2.45, 2.75) is 19.8 Å². The van der Waals surface area contributed by atoms with Gasteiger partial charge in [0.1, 0.15) is 5.75 Å². The lowest BCUT2D eigenvalue weighted by atomic mass is 10.1. The maximum Gasteiger partial charge on any atom is 0.226 e. The molecule has 7 heteroatoms. The van der Waals surface area contributed by atoms with Crippen LogP contribution in [0, 0.1) is 6.92 Å². The van der Waals surface area contributed by atoms with Gasteiger partial charge < -0.3 is 10.1 Å². The van der Waals surface area contributed by atoms with Crippen LogP contribution in [0.5, 0.6) is 5.75 Å². The van der Waals surface area contributed by atoms with Crippen molar-refractivity contribution in [3.63, 3.8) is 0 Å². The van der Waals surface area contributed by atoms with Crippen LogP contribution >= 0.6 is 27.3 Å². The Hall–Kier alpha value is -2.51. The molecule has 28 heavy (non-hydrogen) atoms. The highest BCUT2D eigenvalue weighted by atomic mass is 79.9. The molecule has 0 atom stereocenters. The van der Waals surface area contributed by atoms with Gasteiger partial charge in [0.15, 0.2) is 10.9 Å². The maximum absolute atomic E-state index is 12.2. The van der Waals surface area contributed by atoms with Crippen LogP contribution in [-0.2, 0) is 4.79 Å². The van der Waals surface area contributed by atoms with E-state index in [0.29, 0.717) is 16.4 Å². The third kappa shape index (κ3) is 5.05. The zero-order chi connectivity index (χ0) is 20.1. The Balaban J connectivity index is 1.58. The summed E-state index contributed by atoms with van der Waals surface area (Å²) >= 11 is 4.84. The average molecular weight is 459 g/mol. The molecule has 2 aromatic carbocycles. The molecule has 0 bridgehead atoms. The number of hydrogen-bond acceptors (Lipinski definition) is 5. The molecular weight excluding hydrogens is 440 g/mol. The van der Waals surface area contributed by atoms with Gasteiger partial charge in [0, 0.05) is 33.3 Å². The van der Waals surface area contributed by atoms with Crippen molar-refractivity contribution in [1.29, 1.82) is 0 Å². The number of halogens is 1. The lowest BCUT2D eigenvalue weighted by Gasteiger charge is -2.03. The largest absolute Gasteiger partial charge is 0.497 e. The fraction of sp³-hybridized carbons (Fsp3) is 0.190. The number of thiazole rings is 1. The molecule has 1 aromatic heterocycles. The predicted molar refractivity (Wildman–Crippen MR) is 115 cm³/mol. The van der Waals surface area contributed by atoms with Crippen molar-refractivity contribution in [2.24, 2.45) is 0 Å². The first kappa shape index (κ1) is 20.2. The summed E-state index contributed by atoms with van der Waals surface area (Å²) < 4.78 is 6.08. The van der Waals surface area contributed by atoms with Gasteiger partial charge in [-0.25, -0.2) is 4.98 Å². The van der Waals surface area contributed by atoms with E-state index in [1.165, 1.54) is 11.3 Å². The van der Waals surface area contributed by atoms with Crippen LogP contribution in [-0.4, -0.2) is 23.8 Å². The summed E-state index contributed by atoms with van der Waals surface area (Å²) in [6.45, 7) is 1.97. The quantitative estimate of drug-likeness (QED) is 0.475. The number of Topliss-reactive ketones (excluding diaryl/α,β-unsaturated/α-hetero) is 1. The number of carbonyl (C=O) groups excluding carboxylic acids is 2. The number of ketones is 1. The number of methoxy groups -OCH3 is 1. The Labute approximate surface area is 175 Å². The molecule has 3 aromatic rings. The molecule has 144 valence electrons. The standard InChI is InChI=1S/C21H19BrN2O3S/c1-13-20(15-3-7-16(22)8-4-15)24-21(28-13)23-19(26)12-11-18(25)14-5-9-17(27-2)10-6-14/h3-10H,11-12H2,1-2H3,(H,23,24,26). The molecule has 0 saturated carbocycles. The number of rotatable bonds is 7. The number of ether oxygens (including phenoxy) is 1. The summed E-state index contributed by atoms with van der Waals surface area (Å²) in [4.78, 5) is 30.0. The smallest absolute Gasteiger partial charge is 0.226 e. The van der Waals surface area contributed by atoms with E-state index in [2.05, 4.69) is 26.2 Å². The molecule has 1 amide bonds. The third-order valence-corrected chi connectivity index (χ3v) is 5.57. The van der Waals surface area contributed by atoms with Crippen molar-refractivity contribution in [3.8, 4) is 17.0 Å². The summed E-state index contributed by atoms with van der Waals surface area (Å²) in [5.41, 5.74) is 2.41. The number of aryl methyl sites for hydroxylation is 1. The molecule has 1 heterocycles. The minimum atomic E-state index is -0.224. The van der Waals surface area contributed by atoms with Crippen LogP contribution in [0.2, 0.25) is 0 Å². The first-order valence-corrected chi connectivity index (χ1v) is 10.3. The van der Waals surface area contributed by atoms with Gasteiger partial charge in [-0.1, -0.05) is 28.1 Å². The van der Waals surface area contributed by atoms with Gasteiger partial charge in [-0.05, 0) is 43.3 Å². The lowest BCUT2D eigenvalue weighted by Crippen LogP contribution is -2.13. The van der Waals surface area contributed by atoms with E-state index >= 15 is 0 Å². The van der Waals surface area contributed by atoms with E-state index < -0.39 is 0 Å². The van der Waals surface area contributed by atoms with Gasteiger partial charge >= 0.3 is 0 Å². The predicted octanol–water partition coefficient (Wildman–Crippen LogP) is 5.49. The first-order valence-electron chi connectivity index (χ1n) is 8.66. The Morgan fingerprint density at radius 3 is 2.39 bits per heavy atom. The molecule has 0 radical (unpaired) electrons. The van der Waals surface area contributed by atoms with Crippen molar-refractivity contribution >= 4 is 44.1 Å². The van der Waals surface area contributed by atoms with Crippen LogP contribution in [0.25, 0.3) is 11.3 Å². The van der Waals surface area contributed by atoms with E-state index in [-0.39, 0.29) is 24.5 Å². The molecule has 0 unspecified atom stereocenters. The van der Waals surface area contributed by atoms with E-state index in [9.17, 15) is 9.59 Å². The third-order valence-electron chi connectivity index (χ3n) is 4.15. The fourth-order valence-corrected chi connectivity index (χ4v) is 3.77. The monoisotopic (exact) mass is 458 g/mol. The Kier molecular flexibility index (Phi) is 6.59. The lowest BCUT2D eigenvalue weighted by molar-refractivity contribution is -0.116. The summed E-state index contributed by atoms with van der Waals surface area (Å²) in [5.74, 6) is 0.386. The molecule has 0 aliphatic carbocycles. The van der Waals surface area contributed by atoms with Gasteiger partial charge in [-0.15, -0.1) is 11.3 Å². The van der Waals surface area contributed by atoms with Crippen LogP contribution in [0.1, 0.15) is 28.1 Å². The normalized spacial score (nSPS) is 10.5. The van der Waals surface area contributed by atoms with E-state index in [1.54, 1.807) is 31.4 Å². The summed E-state index contributed by atoms with van der Waals surface area (Å²) in [7, 11) is 1.57. The molecule has 3 rings (SSSR count). The first-order chi connectivity index (χ1) is 13.5. The second-order valence-electron chi connectivity index (χ2n) is 6.13. The van der Waals surface area contributed by atoms with Crippen molar-refractivity contribution in [1.82, 2.24) is 4.98 Å². The van der Waals surface area contributed by atoms with Gasteiger partial charge in [0.05, 0.1) is 12.8 Å². The minimum absolute atomic E-state index is 0.0799. The van der Waals surface area contributed by atoms with Crippen molar-refractivity contribution in [2.75, 3.05) is 12.4 Å². The number of hydrogen-bond donors (Lipinski definition) is 1. The van der Waals surface area contributed by atoms with E-state index in [0.717, 1.165) is 20.6 Å². The van der Waals surface area contributed by atoms with Gasteiger partial charge in [0.25, 0.3) is 0 Å². The van der Waals surface area contributed by atoms with E-state index in [4.69, 9.17) is 4.74 Å². The van der Waals surface area contributed by atoms with Gasteiger partial charge in [0.2, 0.25) is 5.91 Å². The topological polar surface area (TPSA) is 68.3 Å². The van der Waals surface area contributed by atoms with Gasteiger partial charge in [-0.2, -0.15) is 0 Å². The molecule has 1 N–H and O–H groups in total. The fourth-order valence-electron chi connectivity index (χ4n) is 2.66. The molecule has 5 nitrogen and oxygen atoms in total. The summed E-state index contributed by atoms with van der Waals surface area (Å²) in [5, 5.41) is 3.34. The number of nitrogens with one attached hydrogen (secondary N) is 1. The second-order valence-corrected chi connectivity index (χ2v) is 8.25. The Morgan fingerprint density at radius 2 is 1.75 bits per heavy atom. The zero-order valence-corrected chi connectivity index (χ0v) is 17.9. The highest BCUT2D eigenvalue weighted by molar-refractivity contribution is 9.10. The molecule has 0 saturated heterocycles. The van der Waals surface area contributed by atoms with E-state index in [1.807, 2.05) is 31.2 Å². The Bertz CT molecular complexity index is 982. The van der Waals surface area contributed by atoms with Gasteiger partial charge in [-0.3, -0.25) is 9.59 Å². The van der Waals surface area contributed by atoms with Crippen LogP contribution in [0.4, 0.5) is 5.13 Å². The number of carbonyl (C=O) groups is 2. The highest BCUT2D eigenvalue weighted by Crippen LogP contribution is 2.31. The summed E-state index contributed by atoms with van der Waals surface area (Å²) in [6.07, 6.45) is 0.249. The Morgan fingerprint density at radius 1 is 1.07 bits per heavy atom. The summed E-state index contributed by atoms with van der Waals surface area (Å²) in [6, 6.07) is 14.7. The maximum atomic E-state index is 12.2. The number of anilines is 1. The van der Waals surface area contributed by atoms with Crippen LogP contribution < -0.4 is 10.1 Å². The molecular formula is C21H19BrN2O3S. The number of amides is 1. The van der Waals surface area contributed by atoms with Crippen LogP contribution in [0.15, 0.2) is 53.0 Å². The number of benzene rings is 2. The highest BCUT2D eigenvalue weighted by Gasteiger charge is 2.14. The number of aromatic nitrogens is 1. The van der Waals surface area contributed by atoms with Crippen molar-refractivity contribution < 1.29 is 14.3 Å². The molecule has 0 aliphatic rings. The zero-order valence-electron chi connectivity index (χ0n) is 15.5. The second kappa shape index (κ2) is 9.12. The van der Waals surface area contributed by atoms with Crippen LogP contribution in [0.3, 0.4) is 0 Å². The molecule has 0 spiro atoms. The molecule has 0 fully saturated rings. The minimum Gasteiger partial charge on any atom is -0.497 e. The molecule has 0 aliphatic heterocycles. The SMILES string of the molecule is COc1ccc(C(=O)CCC(=O)Nc2nc(-c3ccc(Br)cc3)c(C)s2)cc1. The number of nitrogens with zero attached hydrogens (tertiary/aromatic N) is 1. The van der Waals surface area contributed by atoms with Crippen molar-refractivity contribution in [3.05, 3.63) is 63.4 Å².